The molecule has 0 bridgehead atoms. The molecule has 0 aliphatic heterocycles. The first-order valence-corrected chi connectivity index (χ1v) is 4.17. The van der Waals surface area contributed by atoms with E-state index in [1.165, 1.54) is 4.68 Å². The number of aromatic nitrogens is 2. The third-order valence-corrected chi connectivity index (χ3v) is 1.88. The van der Waals surface area contributed by atoms with Crippen LogP contribution < -0.4 is 5.73 Å². The predicted molar refractivity (Wildman–Crippen MR) is 53.4 cm³/mol. The van der Waals surface area contributed by atoms with Crippen LogP contribution in [0.15, 0.2) is 36.4 Å². The number of nitrogens with zero attached hydrogens (tertiary/aromatic N) is 2. The maximum atomic E-state index is 10.7. The van der Waals surface area contributed by atoms with Gasteiger partial charge in [-0.1, -0.05) is 18.2 Å². The van der Waals surface area contributed by atoms with E-state index in [1.54, 1.807) is 6.07 Å². The maximum Gasteiger partial charge on any atom is 0.168 e. The van der Waals surface area contributed by atoms with E-state index in [9.17, 15) is 4.79 Å². The number of carbonyl (C=O) groups is 1. The molecule has 0 aliphatic carbocycles. The van der Waals surface area contributed by atoms with Crippen LogP contribution in [0.3, 0.4) is 0 Å². The van der Waals surface area contributed by atoms with Crippen LogP contribution in [0.25, 0.3) is 5.69 Å². The van der Waals surface area contributed by atoms with Crippen LogP contribution >= 0.6 is 0 Å². The summed E-state index contributed by atoms with van der Waals surface area (Å²) in [4.78, 5) is 10.7. The first-order chi connectivity index (χ1) is 6.81. The lowest BCUT2D eigenvalue weighted by Crippen LogP contribution is -2.00. The molecule has 0 spiro atoms. The highest BCUT2D eigenvalue weighted by Gasteiger charge is 2.05. The van der Waals surface area contributed by atoms with Crippen LogP contribution in [0.1, 0.15) is 10.5 Å². The molecular formula is C10H9N3O. The van der Waals surface area contributed by atoms with E-state index in [1.807, 2.05) is 30.3 Å². The van der Waals surface area contributed by atoms with Gasteiger partial charge in [-0.3, -0.25) is 4.79 Å². The van der Waals surface area contributed by atoms with Gasteiger partial charge in [-0.05, 0) is 12.1 Å². The van der Waals surface area contributed by atoms with E-state index < -0.39 is 0 Å². The zero-order valence-corrected chi connectivity index (χ0v) is 7.42. The summed E-state index contributed by atoms with van der Waals surface area (Å²) in [6, 6.07) is 10.9. The van der Waals surface area contributed by atoms with Gasteiger partial charge in [0.05, 0.1) is 5.69 Å². The molecule has 2 N–H and O–H groups in total. The molecule has 0 saturated carbocycles. The topological polar surface area (TPSA) is 60.9 Å². The Bertz CT molecular complexity index is 448. The highest BCUT2D eigenvalue weighted by molar-refractivity contribution is 5.75. The highest BCUT2D eigenvalue weighted by Crippen LogP contribution is 2.11. The zero-order chi connectivity index (χ0) is 9.97. The summed E-state index contributed by atoms with van der Waals surface area (Å²) < 4.78 is 1.52. The summed E-state index contributed by atoms with van der Waals surface area (Å²) in [7, 11) is 0. The second kappa shape index (κ2) is 3.33. The Balaban J connectivity index is 2.56. The first-order valence-electron chi connectivity index (χ1n) is 4.17. The second-order valence-electron chi connectivity index (χ2n) is 2.86. The number of para-hydroxylation sites is 1. The van der Waals surface area contributed by atoms with Crippen molar-refractivity contribution in [1.82, 2.24) is 9.78 Å². The Labute approximate surface area is 81.0 Å². The van der Waals surface area contributed by atoms with Gasteiger partial charge in [0, 0.05) is 6.07 Å². The first kappa shape index (κ1) is 8.50. The largest absolute Gasteiger partial charge is 0.382 e. The third kappa shape index (κ3) is 1.37. The fourth-order valence-electron chi connectivity index (χ4n) is 1.27. The van der Waals surface area contributed by atoms with Gasteiger partial charge in [-0.25, -0.2) is 4.68 Å². The fourth-order valence-corrected chi connectivity index (χ4v) is 1.27. The highest BCUT2D eigenvalue weighted by atomic mass is 16.1. The van der Waals surface area contributed by atoms with Gasteiger partial charge in [-0.15, -0.1) is 0 Å². The molecule has 4 heteroatoms. The minimum Gasteiger partial charge on any atom is -0.382 e. The third-order valence-electron chi connectivity index (χ3n) is 1.88. The number of nitrogen functional groups attached to an aromatic ring is 1. The lowest BCUT2D eigenvalue weighted by molar-refractivity contribution is 0.111. The molecule has 1 aromatic heterocycles. The van der Waals surface area contributed by atoms with Gasteiger partial charge in [0.2, 0.25) is 0 Å². The van der Waals surface area contributed by atoms with Gasteiger partial charge >= 0.3 is 0 Å². The van der Waals surface area contributed by atoms with E-state index in [0.29, 0.717) is 11.5 Å². The van der Waals surface area contributed by atoms with Gasteiger partial charge < -0.3 is 5.73 Å². The van der Waals surface area contributed by atoms with Gasteiger partial charge in [0.15, 0.2) is 6.29 Å². The normalized spacial score (nSPS) is 10.0. The number of hydrogen-bond donors (Lipinski definition) is 1. The van der Waals surface area contributed by atoms with Crippen molar-refractivity contribution in [2.24, 2.45) is 0 Å². The molecule has 0 fully saturated rings. The second-order valence-corrected chi connectivity index (χ2v) is 2.86. The molecule has 1 aromatic carbocycles. The predicted octanol–water partition coefficient (Wildman–Crippen LogP) is 1.27. The van der Waals surface area contributed by atoms with Crippen LogP contribution in [0, 0.1) is 0 Å². The SMILES string of the molecule is Nc1cc(C=O)n(-c2ccccc2)n1. The number of carbonyl (C=O) groups excluding carboxylic acids is 1. The van der Waals surface area contributed by atoms with E-state index in [2.05, 4.69) is 5.10 Å². The Morgan fingerprint density at radius 2 is 2.00 bits per heavy atom. The lowest BCUT2D eigenvalue weighted by atomic mass is 10.3. The fraction of sp³-hybridized carbons (Fsp3) is 0. The molecule has 4 nitrogen and oxygen atoms in total. The van der Waals surface area contributed by atoms with E-state index in [-0.39, 0.29) is 0 Å². The van der Waals surface area contributed by atoms with Gasteiger partial charge in [0.1, 0.15) is 11.5 Å². The minimum absolute atomic E-state index is 0.343. The summed E-state index contributed by atoms with van der Waals surface area (Å²) in [5.41, 5.74) is 6.78. The van der Waals surface area contributed by atoms with E-state index in [0.717, 1.165) is 12.0 Å². The molecule has 2 rings (SSSR count). The van der Waals surface area contributed by atoms with Crippen LogP contribution in [0.4, 0.5) is 5.82 Å². The Morgan fingerprint density at radius 3 is 2.64 bits per heavy atom. The number of nitrogens with two attached hydrogens (primary N) is 1. The van der Waals surface area contributed by atoms with Crippen molar-refractivity contribution in [1.29, 1.82) is 0 Å². The maximum absolute atomic E-state index is 10.7. The quantitative estimate of drug-likeness (QED) is 0.720. The zero-order valence-electron chi connectivity index (χ0n) is 7.42. The van der Waals surface area contributed by atoms with Crippen molar-refractivity contribution in [2.75, 3.05) is 5.73 Å². The van der Waals surface area contributed by atoms with Crippen LogP contribution in [0.2, 0.25) is 0 Å². The molecule has 1 heterocycles. The van der Waals surface area contributed by atoms with Crippen molar-refractivity contribution >= 4 is 12.1 Å². The molecule has 0 aliphatic rings. The monoisotopic (exact) mass is 187 g/mol. The number of rotatable bonds is 2. The standard InChI is InChI=1S/C10H9N3O/c11-10-6-9(7-14)13(12-10)8-4-2-1-3-5-8/h1-7H,(H2,11,12). The molecule has 0 radical (unpaired) electrons. The van der Waals surface area contributed by atoms with Crippen LogP contribution in [0.5, 0.6) is 0 Å². The van der Waals surface area contributed by atoms with Crippen molar-refractivity contribution in [3.8, 4) is 5.69 Å². The summed E-state index contributed by atoms with van der Waals surface area (Å²) in [5.74, 6) is 0.343. The van der Waals surface area contributed by atoms with Crippen molar-refractivity contribution in [3.63, 3.8) is 0 Å². The number of benzene rings is 1. The average molecular weight is 187 g/mol. The molecule has 0 saturated heterocycles. The molecule has 0 amide bonds. The van der Waals surface area contributed by atoms with Crippen molar-refractivity contribution < 1.29 is 4.79 Å². The molecule has 70 valence electrons. The van der Waals surface area contributed by atoms with Gasteiger partial charge in [0.25, 0.3) is 0 Å². The van der Waals surface area contributed by atoms with Gasteiger partial charge in [-0.2, -0.15) is 5.10 Å². The molecular weight excluding hydrogens is 178 g/mol. The Hall–Kier alpha value is -2.10. The average Bonchev–Trinajstić information content (AvgIpc) is 2.61. The van der Waals surface area contributed by atoms with Crippen LogP contribution in [-0.4, -0.2) is 16.1 Å². The lowest BCUT2D eigenvalue weighted by Gasteiger charge is -2.01. The van der Waals surface area contributed by atoms with Crippen LogP contribution in [-0.2, 0) is 0 Å². The van der Waals surface area contributed by atoms with Crippen molar-refractivity contribution in [2.45, 2.75) is 0 Å². The number of aldehydes is 1. The number of anilines is 1. The molecule has 0 unspecified atom stereocenters. The Kier molecular flexibility index (Phi) is 2.02. The van der Waals surface area contributed by atoms with E-state index in [4.69, 9.17) is 5.73 Å². The summed E-state index contributed by atoms with van der Waals surface area (Å²) in [6.45, 7) is 0. The summed E-state index contributed by atoms with van der Waals surface area (Å²) in [5, 5.41) is 4.01. The molecule has 2 aromatic rings. The molecule has 14 heavy (non-hydrogen) atoms. The van der Waals surface area contributed by atoms with E-state index >= 15 is 0 Å². The Morgan fingerprint density at radius 1 is 1.29 bits per heavy atom. The minimum atomic E-state index is 0.343. The summed E-state index contributed by atoms with van der Waals surface area (Å²) in [6.07, 6.45) is 0.732. The number of hydrogen-bond acceptors (Lipinski definition) is 3. The van der Waals surface area contributed by atoms with Crippen molar-refractivity contribution in [3.05, 3.63) is 42.1 Å². The smallest absolute Gasteiger partial charge is 0.168 e. The molecule has 0 atom stereocenters. The summed E-state index contributed by atoms with van der Waals surface area (Å²) >= 11 is 0.